The molecule has 0 radical (unpaired) electrons. The first-order chi connectivity index (χ1) is 10.4. The third-order valence-electron chi connectivity index (χ3n) is 3.11. The molecule has 2 rings (SSSR count). The van der Waals surface area contributed by atoms with E-state index in [1.54, 1.807) is 6.07 Å². The molecule has 0 aliphatic heterocycles. The Morgan fingerprint density at radius 1 is 1.09 bits per heavy atom. The van der Waals surface area contributed by atoms with Gasteiger partial charge >= 0.3 is 5.97 Å². The van der Waals surface area contributed by atoms with Crippen LogP contribution in [-0.4, -0.2) is 62.0 Å². The molecule has 0 N–H and O–H groups in total. The number of nitrogens with zero attached hydrogens (tertiary/aromatic N) is 4. The molecule has 6 nitrogen and oxygen atoms in total. The number of benzene rings is 1. The number of para-hydroxylation sites is 1. The normalized spacial score (nSPS) is 10.2. The minimum Gasteiger partial charge on any atom is -0.464 e. The van der Waals surface area contributed by atoms with Gasteiger partial charge in [-0.2, -0.15) is 0 Å². The van der Waals surface area contributed by atoms with Crippen molar-refractivity contribution in [2.24, 2.45) is 4.99 Å². The number of fused-ring (bicyclic) bond motifs is 1. The van der Waals surface area contributed by atoms with Crippen molar-refractivity contribution in [2.75, 3.05) is 35.3 Å². The molecule has 0 bridgehead atoms. The number of pyridine rings is 1. The molecule has 0 unspecified atom stereocenters. The van der Waals surface area contributed by atoms with E-state index in [0.717, 1.165) is 11.3 Å². The van der Waals surface area contributed by atoms with Gasteiger partial charge < -0.3 is 14.5 Å². The van der Waals surface area contributed by atoms with E-state index in [4.69, 9.17) is 4.74 Å². The Kier molecular flexibility index (Phi) is 4.60. The van der Waals surface area contributed by atoms with Gasteiger partial charge in [0.25, 0.3) is 0 Å². The van der Waals surface area contributed by atoms with Crippen molar-refractivity contribution in [2.45, 2.75) is 0 Å². The molecule has 1 aromatic carbocycles. The van der Waals surface area contributed by atoms with E-state index in [2.05, 4.69) is 9.98 Å². The second-order valence-electron chi connectivity index (χ2n) is 5.24. The van der Waals surface area contributed by atoms with Crippen LogP contribution in [0.5, 0.6) is 0 Å². The zero-order chi connectivity index (χ0) is 16.3. The summed E-state index contributed by atoms with van der Waals surface area (Å²) in [6.07, 6.45) is 0. The van der Waals surface area contributed by atoms with Gasteiger partial charge in [-0.05, 0) is 12.1 Å². The highest BCUT2D eigenvalue weighted by molar-refractivity contribution is 5.96. The van der Waals surface area contributed by atoms with Crippen molar-refractivity contribution < 1.29 is 9.53 Å². The molecule has 0 spiro atoms. The Labute approximate surface area is 130 Å². The van der Waals surface area contributed by atoms with E-state index < -0.39 is 5.97 Å². The summed E-state index contributed by atoms with van der Waals surface area (Å²) in [5.41, 5.74) is 1.65. The predicted octanol–water partition coefficient (Wildman–Crippen LogP) is 2.13. The minimum atomic E-state index is -0.457. The third kappa shape index (κ3) is 3.16. The number of esters is 1. The van der Waals surface area contributed by atoms with Gasteiger partial charge in [0.15, 0.2) is 0 Å². The summed E-state index contributed by atoms with van der Waals surface area (Å²) in [5.74, 6) is 0.332. The maximum absolute atomic E-state index is 11.7. The van der Waals surface area contributed by atoms with Crippen LogP contribution in [-0.2, 0) is 4.74 Å². The van der Waals surface area contributed by atoms with Crippen LogP contribution in [0.1, 0.15) is 10.5 Å². The Balaban J connectivity index is 2.63. The number of hydrogen-bond donors (Lipinski definition) is 0. The molecular formula is C16H20N4O2. The maximum Gasteiger partial charge on any atom is 0.356 e. The van der Waals surface area contributed by atoms with Crippen LogP contribution in [0.25, 0.3) is 10.9 Å². The first-order valence-electron chi connectivity index (χ1n) is 6.85. The van der Waals surface area contributed by atoms with Gasteiger partial charge in [-0.15, -0.1) is 0 Å². The summed E-state index contributed by atoms with van der Waals surface area (Å²) in [6, 6.07) is 9.24. The lowest BCUT2D eigenvalue weighted by Gasteiger charge is -2.22. The van der Waals surface area contributed by atoms with Crippen molar-refractivity contribution in [3.63, 3.8) is 0 Å². The van der Waals surface area contributed by atoms with Gasteiger partial charge in [0.1, 0.15) is 5.69 Å². The Morgan fingerprint density at radius 3 is 2.36 bits per heavy atom. The zero-order valence-corrected chi connectivity index (χ0v) is 13.5. The molecule has 1 aromatic heterocycles. The fourth-order valence-electron chi connectivity index (χ4n) is 2.15. The van der Waals surface area contributed by atoms with Crippen LogP contribution < -0.4 is 0 Å². The van der Waals surface area contributed by atoms with Gasteiger partial charge in [0.05, 0.1) is 18.3 Å². The lowest BCUT2D eigenvalue weighted by Crippen LogP contribution is -2.35. The first-order valence-corrected chi connectivity index (χ1v) is 6.85. The molecule has 0 amide bonds. The highest BCUT2D eigenvalue weighted by Gasteiger charge is 2.11. The lowest BCUT2D eigenvalue weighted by atomic mass is 10.1. The molecule has 6 heteroatoms. The quantitative estimate of drug-likeness (QED) is 0.483. The largest absolute Gasteiger partial charge is 0.464 e. The summed E-state index contributed by atoms with van der Waals surface area (Å²) in [7, 11) is 9.05. The number of rotatable bonds is 2. The van der Waals surface area contributed by atoms with E-state index in [1.165, 1.54) is 7.11 Å². The number of carbonyl (C=O) groups is 1. The van der Waals surface area contributed by atoms with Crippen LogP contribution in [0.2, 0.25) is 0 Å². The molecule has 0 aliphatic carbocycles. The molecule has 0 aliphatic rings. The zero-order valence-electron chi connectivity index (χ0n) is 13.5. The SMILES string of the molecule is COC(=O)c1ccc2cccc(N=C(N(C)C)N(C)C)c2n1. The van der Waals surface area contributed by atoms with E-state index in [-0.39, 0.29) is 5.69 Å². The monoisotopic (exact) mass is 300 g/mol. The highest BCUT2D eigenvalue weighted by Crippen LogP contribution is 2.25. The molecule has 2 aromatic rings. The summed E-state index contributed by atoms with van der Waals surface area (Å²) < 4.78 is 4.73. The summed E-state index contributed by atoms with van der Waals surface area (Å²) in [5, 5.41) is 0.922. The Morgan fingerprint density at radius 2 is 1.77 bits per heavy atom. The Bertz CT molecular complexity index is 713. The fourth-order valence-corrected chi connectivity index (χ4v) is 2.15. The molecule has 0 fully saturated rings. The number of hydrogen-bond acceptors (Lipinski definition) is 4. The fraction of sp³-hybridized carbons (Fsp3) is 0.312. The van der Waals surface area contributed by atoms with Crippen molar-refractivity contribution >= 4 is 28.5 Å². The molecule has 22 heavy (non-hydrogen) atoms. The summed E-state index contributed by atoms with van der Waals surface area (Å²) in [6.45, 7) is 0. The molecule has 0 saturated carbocycles. The number of methoxy groups -OCH3 is 1. The molecule has 116 valence electrons. The maximum atomic E-state index is 11.7. The van der Waals surface area contributed by atoms with Crippen LogP contribution in [0, 0.1) is 0 Å². The van der Waals surface area contributed by atoms with E-state index in [1.807, 2.05) is 62.3 Å². The minimum absolute atomic E-state index is 0.272. The number of carbonyl (C=O) groups excluding carboxylic acids is 1. The lowest BCUT2D eigenvalue weighted by molar-refractivity contribution is 0.0594. The Hall–Kier alpha value is -2.63. The molecule has 1 heterocycles. The van der Waals surface area contributed by atoms with Gasteiger partial charge in [-0.3, -0.25) is 0 Å². The predicted molar refractivity (Wildman–Crippen MR) is 87.6 cm³/mol. The van der Waals surface area contributed by atoms with Crippen LogP contribution in [0.3, 0.4) is 0 Å². The second kappa shape index (κ2) is 6.43. The van der Waals surface area contributed by atoms with Crippen LogP contribution in [0.15, 0.2) is 35.3 Å². The number of aliphatic imine (C=N–C) groups is 1. The molecule has 0 saturated heterocycles. The van der Waals surface area contributed by atoms with Crippen molar-refractivity contribution in [1.82, 2.24) is 14.8 Å². The first kappa shape index (κ1) is 15.8. The molecular weight excluding hydrogens is 280 g/mol. The van der Waals surface area contributed by atoms with Crippen molar-refractivity contribution in [3.05, 3.63) is 36.0 Å². The van der Waals surface area contributed by atoms with Crippen LogP contribution in [0.4, 0.5) is 5.69 Å². The summed E-state index contributed by atoms with van der Waals surface area (Å²) >= 11 is 0. The highest BCUT2D eigenvalue weighted by atomic mass is 16.5. The van der Waals surface area contributed by atoms with Gasteiger partial charge in [-0.25, -0.2) is 14.8 Å². The van der Waals surface area contributed by atoms with Crippen molar-refractivity contribution in [3.8, 4) is 0 Å². The average Bonchev–Trinajstić information content (AvgIpc) is 2.50. The average molecular weight is 300 g/mol. The molecule has 0 atom stereocenters. The van der Waals surface area contributed by atoms with Gasteiger partial charge in [-0.1, -0.05) is 18.2 Å². The smallest absolute Gasteiger partial charge is 0.356 e. The standard InChI is InChI=1S/C16H20N4O2/c1-19(2)16(20(3)4)18-12-8-6-7-11-9-10-13(15(21)22-5)17-14(11)12/h6-10H,1-5H3. The topological polar surface area (TPSA) is 58.0 Å². The summed E-state index contributed by atoms with van der Waals surface area (Å²) in [4.78, 5) is 24.6. The van der Waals surface area contributed by atoms with Gasteiger partial charge in [0, 0.05) is 33.6 Å². The van der Waals surface area contributed by atoms with E-state index >= 15 is 0 Å². The van der Waals surface area contributed by atoms with Crippen molar-refractivity contribution in [1.29, 1.82) is 0 Å². The van der Waals surface area contributed by atoms with E-state index in [0.29, 0.717) is 11.2 Å². The number of guanidine groups is 1. The number of aromatic nitrogens is 1. The number of ether oxygens (including phenoxy) is 1. The van der Waals surface area contributed by atoms with E-state index in [9.17, 15) is 4.79 Å². The third-order valence-corrected chi connectivity index (χ3v) is 3.11. The van der Waals surface area contributed by atoms with Crippen LogP contribution >= 0.6 is 0 Å². The second-order valence-corrected chi connectivity index (χ2v) is 5.24. The van der Waals surface area contributed by atoms with Gasteiger partial charge in [0.2, 0.25) is 5.96 Å².